The number of hydrogen-bond acceptors (Lipinski definition) is 4. The fourth-order valence-corrected chi connectivity index (χ4v) is 3.77. The van der Waals surface area contributed by atoms with Gasteiger partial charge in [0, 0.05) is 24.1 Å². The highest BCUT2D eigenvalue weighted by atomic mass is 32.1. The minimum atomic E-state index is 0.0620. The van der Waals surface area contributed by atoms with Gasteiger partial charge >= 0.3 is 0 Å². The van der Waals surface area contributed by atoms with Gasteiger partial charge in [-0.2, -0.15) is 0 Å². The van der Waals surface area contributed by atoms with Crippen LogP contribution in [0.25, 0.3) is 0 Å². The number of likely N-dealkylation sites (N-methyl/N-ethyl adjacent to an activating group) is 1. The highest BCUT2D eigenvalue weighted by Crippen LogP contribution is 2.28. The molecule has 1 aliphatic rings. The molecule has 1 aromatic rings. The van der Waals surface area contributed by atoms with Gasteiger partial charge in [-0.05, 0) is 51.7 Å². The fraction of sp³-hybridized carbons (Fsp3) is 0.750. The minimum Gasteiger partial charge on any atom is -0.375 e. The highest BCUT2D eigenvalue weighted by Gasteiger charge is 2.31. The van der Waals surface area contributed by atoms with E-state index in [1.807, 2.05) is 11.3 Å². The Labute approximate surface area is 127 Å². The standard InChI is InChI=1S/C16H28N2OS/c1-5-16(2)11-13(8-9-19-16)17-12-14(18(3)4)15-7-6-10-20-15/h6-7,10,13-14,17H,5,8-9,11-12H2,1-4H3. The molecule has 4 heteroatoms. The molecular weight excluding hydrogens is 268 g/mol. The predicted octanol–water partition coefficient (Wildman–Crippen LogP) is 3.29. The van der Waals surface area contributed by atoms with Gasteiger partial charge in [-0.1, -0.05) is 13.0 Å². The molecule has 3 atom stereocenters. The molecule has 1 aromatic heterocycles. The van der Waals surface area contributed by atoms with Crippen LogP contribution in [0.1, 0.15) is 44.0 Å². The summed E-state index contributed by atoms with van der Waals surface area (Å²) in [6, 6.07) is 5.41. The molecule has 1 saturated heterocycles. The Balaban J connectivity index is 1.90. The van der Waals surface area contributed by atoms with Gasteiger partial charge in [0.2, 0.25) is 0 Å². The van der Waals surface area contributed by atoms with Gasteiger partial charge in [-0.3, -0.25) is 0 Å². The van der Waals surface area contributed by atoms with Gasteiger partial charge in [-0.25, -0.2) is 0 Å². The van der Waals surface area contributed by atoms with Crippen LogP contribution in [0, 0.1) is 0 Å². The third-order valence-corrected chi connectivity index (χ3v) is 5.41. The highest BCUT2D eigenvalue weighted by molar-refractivity contribution is 7.10. The molecular formula is C16H28N2OS. The van der Waals surface area contributed by atoms with Crippen molar-refractivity contribution in [2.75, 3.05) is 27.2 Å². The van der Waals surface area contributed by atoms with Crippen LogP contribution in [0.15, 0.2) is 17.5 Å². The molecule has 3 unspecified atom stereocenters. The van der Waals surface area contributed by atoms with E-state index in [1.54, 1.807) is 0 Å². The molecule has 0 aromatic carbocycles. The molecule has 0 amide bonds. The zero-order chi connectivity index (χ0) is 14.6. The normalized spacial score (nSPS) is 28.8. The predicted molar refractivity (Wildman–Crippen MR) is 86.4 cm³/mol. The topological polar surface area (TPSA) is 24.5 Å². The van der Waals surface area contributed by atoms with Gasteiger partial charge in [0.05, 0.1) is 11.6 Å². The van der Waals surface area contributed by atoms with Crippen molar-refractivity contribution in [1.29, 1.82) is 0 Å². The summed E-state index contributed by atoms with van der Waals surface area (Å²) in [5.41, 5.74) is 0.0620. The summed E-state index contributed by atoms with van der Waals surface area (Å²) >= 11 is 1.84. The van der Waals surface area contributed by atoms with E-state index in [4.69, 9.17) is 4.74 Å². The molecule has 1 fully saturated rings. The quantitative estimate of drug-likeness (QED) is 0.872. The number of ether oxygens (including phenoxy) is 1. The SMILES string of the molecule is CCC1(C)CC(NCC(c2cccs2)N(C)C)CCO1. The smallest absolute Gasteiger partial charge is 0.0666 e. The average Bonchev–Trinajstić information content (AvgIpc) is 2.93. The van der Waals surface area contributed by atoms with E-state index >= 15 is 0 Å². The van der Waals surface area contributed by atoms with Crippen LogP contribution < -0.4 is 5.32 Å². The third kappa shape index (κ3) is 4.04. The van der Waals surface area contributed by atoms with Crippen molar-refractivity contribution in [2.45, 2.75) is 50.8 Å². The second-order valence-corrected chi connectivity index (χ2v) is 7.22. The maximum absolute atomic E-state index is 5.92. The molecule has 0 radical (unpaired) electrons. The Kier molecular flexibility index (Phi) is 5.61. The lowest BCUT2D eigenvalue weighted by Gasteiger charge is -2.39. The van der Waals surface area contributed by atoms with E-state index in [2.05, 4.69) is 55.7 Å². The van der Waals surface area contributed by atoms with E-state index in [0.717, 1.165) is 32.4 Å². The van der Waals surface area contributed by atoms with Crippen LogP contribution >= 0.6 is 11.3 Å². The lowest BCUT2D eigenvalue weighted by molar-refractivity contribution is -0.0783. The van der Waals surface area contributed by atoms with Crippen molar-refractivity contribution in [3.8, 4) is 0 Å². The van der Waals surface area contributed by atoms with E-state index in [-0.39, 0.29) is 5.60 Å². The molecule has 0 aliphatic carbocycles. The summed E-state index contributed by atoms with van der Waals surface area (Å²) < 4.78 is 5.92. The number of thiophene rings is 1. The van der Waals surface area contributed by atoms with Crippen molar-refractivity contribution in [3.63, 3.8) is 0 Å². The molecule has 1 aliphatic heterocycles. The number of nitrogens with one attached hydrogen (secondary N) is 1. The summed E-state index contributed by atoms with van der Waals surface area (Å²) in [5.74, 6) is 0. The summed E-state index contributed by atoms with van der Waals surface area (Å²) in [7, 11) is 4.32. The Morgan fingerprint density at radius 2 is 2.35 bits per heavy atom. The lowest BCUT2D eigenvalue weighted by Crippen LogP contribution is -2.46. The van der Waals surface area contributed by atoms with Crippen molar-refractivity contribution >= 4 is 11.3 Å². The molecule has 20 heavy (non-hydrogen) atoms. The van der Waals surface area contributed by atoms with Crippen molar-refractivity contribution in [2.24, 2.45) is 0 Å². The zero-order valence-electron chi connectivity index (χ0n) is 13.2. The van der Waals surface area contributed by atoms with E-state index in [9.17, 15) is 0 Å². The average molecular weight is 296 g/mol. The molecule has 3 nitrogen and oxygen atoms in total. The summed E-state index contributed by atoms with van der Waals surface area (Å²) in [6.07, 6.45) is 3.33. The molecule has 0 bridgehead atoms. The van der Waals surface area contributed by atoms with Crippen LogP contribution in [0.5, 0.6) is 0 Å². The second-order valence-electron chi connectivity index (χ2n) is 6.24. The van der Waals surface area contributed by atoms with E-state index in [0.29, 0.717) is 12.1 Å². The van der Waals surface area contributed by atoms with Gasteiger partial charge in [0.1, 0.15) is 0 Å². The van der Waals surface area contributed by atoms with Gasteiger partial charge < -0.3 is 15.0 Å². The molecule has 1 N–H and O–H groups in total. The Morgan fingerprint density at radius 3 is 2.95 bits per heavy atom. The maximum Gasteiger partial charge on any atom is 0.0666 e. The maximum atomic E-state index is 5.92. The van der Waals surface area contributed by atoms with Crippen LogP contribution in [0.2, 0.25) is 0 Å². The Hall–Kier alpha value is -0.420. The van der Waals surface area contributed by atoms with Crippen LogP contribution in [-0.4, -0.2) is 43.8 Å². The lowest BCUT2D eigenvalue weighted by atomic mass is 9.90. The van der Waals surface area contributed by atoms with E-state index in [1.165, 1.54) is 4.88 Å². The van der Waals surface area contributed by atoms with E-state index < -0.39 is 0 Å². The zero-order valence-corrected chi connectivity index (χ0v) is 14.0. The third-order valence-electron chi connectivity index (χ3n) is 4.44. The van der Waals surface area contributed by atoms with Gasteiger partial charge in [-0.15, -0.1) is 11.3 Å². The number of nitrogens with zero attached hydrogens (tertiary/aromatic N) is 1. The largest absolute Gasteiger partial charge is 0.375 e. The molecule has 0 saturated carbocycles. The fourth-order valence-electron chi connectivity index (χ4n) is 2.85. The van der Waals surface area contributed by atoms with Crippen LogP contribution in [0.3, 0.4) is 0 Å². The summed E-state index contributed by atoms with van der Waals surface area (Å²) in [6.45, 7) is 6.35. The monoisotopic (exact) mass is 296 g/mol. The number of rotatable bonds is 6. The first-order valence-electron chi connectivity index (χ1n) is 7.61. The number of hydrogen-bond donors (Lipinski definition) is 1. The van der Waals surface area contributed by atoms with Crippen molar-refractivity contribution in [3.05, 3.63) is 22.4 Å². The first kappa shape index (κ1) is 16.0. The molecule has 114 valence electrons. The van der Waals surface area contributed by atoms with Gasteiger partial charge in [0.15, 0.2) is 0 Å². The first-order valence-corrected chi connectivity index (χ1v) is 8.49. The van der Waals surface area contributed by atoms with Crippen molar-refractivity contribution in [1.82, 2.24) is 10.2 Å². The minimum absolute atomic E-state index is 0.0620. The Morgan fingerprint density at radius 1 is 1.55 bits per heavy atom. The summed E-state index contributed by atoms with van der Waals surface area (Å²) in [4.78, 5) is 3.74. The van der Waals surface area contributed by atoms with Gasteiger partial charge in [0.25, 0.3) is 0 Å². The first-order chi connectivity index (χ1) is 9.54. The Bertz CT molecular complexity index is 393. The molecule has 2 rings (SSSR count). The molecule has 2 heterocycles. The van der Waals surface area contributed by atoms with Crippen molar-refractivity contribution < 1.29 is 4.74 Å². The second kappa shape index (κ2) is 7.03. The van der Waals surface area contributed by atoms with Crippen LogP contribution in [0.4, 0.5) is 0 Å². The summed E-state index contributed by atoms with van der Waals surface area (Å²) in [5, 5.41) is 5.93. The van der Waals surface area contributed by atoms with Crippen LogP contribution in [-0.2, 0) is 4.74 Å². The molecule has 0 spiro atoms.